The zero-order valence-corrected chi connectivity index (χ0v) is 18.6. The lowest BCUT2D eigenvalue weighted by atomic mass is 10.1. The third kappa shape index (κ3) is 5.48. The van der Waals surface area contributed by atoms with E-state index in [0.717, 1.165) is 36.1 Å². The summed E-state index contributed by atoms with van der Waals surface area (Å²) in [5.41, 5.74) is 4.65. The average molecular weight is 448 g/mol. The fourth-order valence-corrected chi connectivity index (χ4v) is 4.09. The molecule has 0 radical (unpaired) electrons. The largest absolute Gasteiger partial charge is 0.352 e. The zero-order valence-electron chi connectivity index (χ0n) is 17.8. The van der Waals surface area contributed by atoms with Crippen molar-refractivity contribution in [1.29, 1.82) is 0 Å². The van der Waals surface area contributed by atoms with Crippen LogP contribution in [0.4, 0.5) is 16.2 Å². The van der Waals surface area contributed by atoms with E-state index in [4.69, 9.17) is 11.6 Å². The maximum absolute atomic E-state index is 12.9. The third-order valence-corrected chi connectivity index (χ3v) is 5.98. The minimum atomic E-state index is -0.135. The number of amides is 3. The van der Waals surface area contributed by atoms with Crippen LogP contribution in [0.5, 0.6) is 0 Å². The van der Waals surface area contributed by atoms with E-state index in [1.807, 2.05) is 65.6 Å². The van der Waals surface area contributed by atoms with Gasteiger partial charge >= 0.3 is 6.03 Å². The molecule has 0 unspecified atom stereocenters. The predicted molar refractivity (Wildman–Crippen MR) is 129 cm³/mol. The second-order valence-corrected chi connectivity index (χ2v) is 8.32. The minimum Gasteiger partial charge on any atom is -0.352 e. The minimum absolute atomic E-state index is 0.0807. The molecular formula is C26H26ClN3O2. The van der Waals surface area contributed by atoms with Crippen LogP contribution < -0.4 is 15.5 Å². The fraction of sp³-hybridized carbons (Fsp3) is 0.231. The Bertz CT molecular complexity index is 1100. The van der Waals surface area contributed by atoms with Gasteiger partial charge in [0.1, 0.15) is 0 Å². The number of nitrogens with zero attached hydrogens (tertiary/aromatic N) is 1. The summed E-state index contributed by atoms with van der Waals surface area (Å²) in [7, 11) is 0. The smallest absolute Gasteiger partial charge is 0.326 e. The van der Waals surface area contributed by atoms with Gasteiger partial charge in [0.15, 0.2) is 0 Å². The first-order chi connectivity index (χ1) is 15.6. The van der Waals surface area contributed by atoms with Crippen LogP contribution in [0, 0.1) is 0 Å². The number of para-hydroxylation sites is 1. The van der Waals surface area contributed by atoms with E-state index in [9.17, 15) is 9.59 Å². The van der Waals surface area contributed by atoms with Crippen LogP contribution in [0.25, 0.3) is 0 Å². The van der Waals surface area contributed by atoms with Gasteiger partial charge in [0.05, 0.1) is 6.42 Å². The Hall–Kier alpha value is -3.31. The van der Waals surface area contributed by atoms with Gasteiger partial charge in [-0.15, -0.1) is 0 Å². The molecule has 1 heterocycles. The number of urea groups is 1. The molecule has 0 saturated carbocycles. The molecule has 3 amide bonds. The summed E-state index contributed by atoms with van der Waals surface area (Å²) in [6.45, 7) is 1.09. The molecule has 164 valence electrons. The molecular weight excluding hydrogens is 422 g/mol. The van der Waals surface area contributed by atoms with Crippen LogP contribution >= 0.6 is 11.6 Å². The number of carbonyl (C=O) groups excluding carboxylic acids is 2. The van der Waals surface area contributed by atoms with Crippen LogP contribution in [-0.2, 0) is 24.2 Å². The second kappa shape index (κ2) is 10.3. The molecule has 2 N–H and O–H groups in total. The van der Waals surface area contributed by atoms with Gasteiger partial charge < -0.3 is 10.6 Å². The second-order valence-electron chi connectivity index (χ2n) is 7.91. The molecule has 6 heteroatoms. The van der Waals surface area contributed by atoms with Gasteiger partial charge in [-0.1, -0.05) is 60.1 Å². The number of hydrogen-bond donors (Lipinski definition) is 2. The molecule has 5 nitrogen and oxygen atoms in total. The van der Waals surface area contributed by atoms with E-state index in [1.54, 1.807) is 6.07 Å². The molecule has 3 aromatic carbocycles. The molecule has 0 fully saturated rings. The first-order valence-corrected chi connectivity index (χ1v) is 11.2. The van der Waals surface area contributed by atoms with Crippen molar-refractivity contribution in [3.8, 4) is 0 Å². The number of halogens is 1. The Morgan fingerprint density at radius 2 is 1.66 bits per heavy atom. The molecule has 0 saturated heterocycles. The summed E-state index contributed by atoms with van der Waals surface area (Å²) < 4.78 is 0. The SMILES string of the molecule is O=C(Cc1ccc(NC(=O)N2CCCCc3ccccc32)cc1)NCc1ccccc1Cl. The van der Waals surface area contributed by atoms with Crippen molar-refractivity contribution in [3.05, 3.63) is 94.5 Å². The Morgan fingerprint density at radius 3 is 2.47 bits per heavy atom. The quantitative estimate of drug-likeness (QED) is 0.536. The molecule has 4 rings (SSSR count). The van der Waals surface area contributed by atoms with Crippen molar-refractivity contribution in [2.45, 2.75) is 32.2 Å². The molecule has 0 spiro atoms. The molecule has 1 aliphatic heterocycles. The fourth-order valence-electron chi connectivity index (χ4n) is 3.88. The van der Waals surface area contributed by atoms with Crippen LogP contribution in [0.3, 0.4) is 0 Å². The Morgan fingerprint density at radius 1 is 0.906 bits per heavy atom. The number of aryl methyl sites for hydroxylation is 1. The van der Waals surface area contributed by atoms with Gasteiger partial charge in [0, 0.05) is 29.5 Å². The summed E-state index contributed by atoms with van der Waals surface area (Å²) in [4.78, 5) is 27.0. The zero-order chi connectivity index (χ0) is 22.3. The highest BCUT2D eigenvalue weighted by Gasteiger charge is 2.20. The Kier molecular flexibility index (Phi) is 7.07. The lowest BCUT2D eigenvalue weighted by Gasteiger charge is -2.23. The first kappa shape index (κ1) is 21.9. The van der Waals surface area contributed by atoms with Gasteiger partial charge in [0.2, 0.25) is 5.91 Å². The number of anilines is 2. The summed E-state index contributed by atoms with van der Waals surface area (Å²) in [6, 6.07) is 22.8. The van der Waals surface area contributed by atoms with Crippen molar-refractivity contribution in [1.82, 2.24) is 5.32 Å². The number of carbonyl (C=O) groups is 2. The lowest BCUT2D eigenvalue weighted by molar-refractivity contribution is -0.120. The molecule has 0 atom stereocenters. The highest BCUT2D eigenvalue weighted by Crippen LogP contribution is 2.26. The van der Waals surface area contributed by atoms with E-state index < -0.39 is 0 Å². The number of nitrogens with one attached hydrogen (secondary N) is 2. The molecule has 0 aromatic heterocycles. The Labute approximate surface area is 193 Å². The van der Waals surface area contributed by atoms with E-state index in [2.05, 4.69) is 16.7 Å². The highest BCUT2D eigenvalue weighted by atomic mass is 35.5. The van der Waals surface area contributed by atoms with Gasteiger partial charge in [-0.05, 0) is 60.2 Å². The van der Waals surface area contributed by atoms with Crippen molar-refractivity contribution in [3.63, 3.8) is 0 Å². The average Bonchev–Trinajstić information content (AvgIpc) is 3.02. The molecule has 1 aliphatic rings. The monoisotopic (exact) mass is 447 g/mol. The van der Waals surface area contributed by atoms with E-state index >= 15 is 0 Å². The predicted octanol–water partition coefficient (Wildman–Crippen LogP) is 5.57. The van der Waals surface area contributed by atoms with Crippen LogP contribution in [-0.4, -0.2) is 18.5 Å². The normalized spacial score (nSPS) is 13.1. The summed E-state index contributed by atoms with van der Waals surface area (Å²) in [5.74, 6) is -0.0807. The van der Waals surface area contributed by atoms with E-state index in [0.29, 0.717) is 23.8 Å². The van der Waals surface area contributed by atoms with Gasteiger partial charge in [-0.25, -0.2) is 4.79 Å². The van der Waals surface area contributed by atoms with Crippen LogP contribution in [0.1, 0.15) is 29.5 Å². The van der Waals surface area contributed by atoms with Gasteiger partial charge in [-0.2, -0.15) is 0 Å². The molecule has 3 aromatic rings. The maximum atomic E-state index is 12.9. The standard InChI is InChI=1S/C26H26ClN3O2/c27-23-10-3-1-9-21(23)18-28-25(31)17-19-12-14-22(15-13-19)29-26(32)30-16-6-5-8-20-7-2-4-11-24(20)30/h1-4,7,9-15H,5-6,8,16-18H2,(H,28,31)(H,29,32). The number of rotatable bonds is 5. The number of benzene rings is 3. The molecule has 0 bridgehead atoms. The third-order valence-electron chi connectivity index (χ3n) is 5.61. The van der Waals surface area contributed by atoms with Gasteiger partial charge in [0.25, 0.3) is 0 Å². The molecule has 32 heavy (non-hydrogen) atoms. The van der Waals surface area contributed by atoms with Gasteiger partial charge in [-0.3, -0.25) is 9.69 Å². The summed E-state index contributed by atoms with van der Waals surface area (Å²) in [5, 5.41) is 6.52. The van der Waals surface area contributed by atoms with Crippen LogP contribution in [0.2, 0.25) is 5.02 Å². The van der Waals surface area contributed by atoms with Crippen molar-refractivity contribution in [2.24, 2.45) is 0 Å². The number of fused-ring (bicyclic) bond motifs is 1. The maximum Gasteiger partial charge on any atom is 0.326 e. The highest BCUT2D eigenvalue weighted by molar-refractivity contribution is 6.31. The van der Waals surface area contributed by atoms with Crippen molar-refractivity contribution in [2.75, 3.05) is 16.8 Å². The summed E-state index contributed by atoms with van der Waals surface area (Å²) >= 11 is 6.13. The number of hydrogen-bond acceptors (Lipinski definition) is 2. The van der Waals surface area contributed by atoms with Crippen molar-refractivity contribution < 1.29 is 9.59 Å². The lowest BCUT2D eigenvalue weighted by Crippen LogP contribution is -2.35. The topological polar surface area (TPSA) is 61.4 Å². The van der Waals surface area contributed by atoms with E-state index in [1.165, 1.54) is 5.56 Å². The Balaban J connectivity index is 1.33. The van der Waals surface area contributed by atoms with E-state index in [-0.39, 0.29) is 18.4 Å². The first-order valence-electron chi connectivity index (χ1n) is 10.9. The van der Waals surface area contributed by atoms with Crippen LogP contribution in [0.15, 0.2) is 72.8 Å². The van der Waals surface area contributed by atoms with Crippen molar-refractivity contribution >= 4 is 34.9 Å². The summed E-state index contributed by atoms with van der Waals surface area (Å²) in [6.07, 6.45) is 3.31. The molecule has 0 aliphatic carbocycles.